The fourth-order valence-electron chi connectivity index (χ4n) is 3.58. The number of hydrogen-bond acceptors (Lipinski definition) is 7. The summed E-state index contributed by atoms with van der Waals surface area (Å²) in [6, 6.07) is 7.21. The van der Waals surface area contributed by atoms with Crippen LogP contribution in [-0.2, 0) is 14.8 Å². The molecule has 136 valence electrons. The van der Waals surface area contributed by atoms with Crippen LogP contribution in [0.15, 0.2) is 46.2 Å². The summed E-state index contributed by atoms with van der Waals surface area (Å²) in [7, 11) is -3.76. The molecule has 0 saturated carbocycles. The molecule has 0 aromatic heterocycles. The van der Waals surface area contributed by atoms with Gasteiger partial charge in [-0.25, -0.2) is 13.9 Å². The van der Waals surface area contributed by atoms with Crippen molar-refractivity contribution in [3.8, 4) is 6.07 Å². The summed E-state index contributed by atoms with van der Waals surface area (Å²) in [4.78, 5) is 13.9. The summed E-state index contributed by atoms with van der Waals surface area (Å²) in [6.45, 7) is 0.470. The Hall–Kier alpha value is -2.77. The Labute approximate surface area is 151 Å². The molecule has 3 rings (SSSR count). The maximum Gasteiger partial charge on any atom is 0.271 e. The third-order valence-electron chi connectivity index (χ3n) is 4.69. The normalized spacial score (nSPS) is 23.5. The molecule has 2 atom stereocenters. The number of nitriles is 1. The van der Waals surface area contributed by atoms with E-state index in [2.05, 4.69) is 5.11 Å². The van der Waals surface area contributed by atoms with Gasteiger partial charge in [0.1, 0.15) is 5.70 Å². The van der Waals surface area contributed by atoms with Gasteiger partial charge in [-0.05, 0) is 31.0 Å². The number of nitrogens with one attached hydrogen (secondary N) is 1. The molecule has 1 aromatic carbocycles. The first-order valence-electron chi connectivity index (χ1n) is 8.03. The number of piperazine rings is 1. The molecule has 2 aliphatic rings. The van der Waals surface area contributed by atoms with Gasteiger partial charge in [0.25, 0.3) is 5.91 Å². The van der Waals surface area contributed by atoms with E-state index in [1.54, 1.807) is 12.1 Å². The van der Waals surface area contributed by atoms with Gasteiger partial charge in [0.2, 0.25) is 10.0 Å². The largest absolute Gasteiger partial charge is 0.393 e. The minimum Gasteiger partial charge on any atom is -0.393 e. The molecule has 2 fully saturated rings. The van der Waals surface area contributed by atoms with Crippen molar-refractivity contribution in [1.29, 1.82) is 10.8 Å². The van der Waals surface area contributed by atoms with Crippen LogP contribution in [-0.4, -0.2) is 48.7 Å². The number of nitrogens with zero attached hydrogens (tertiary/aromatic N) is 4. The molecule has 1 aromatic rings. The average Bonchev–Trinajstić information content (AvgIpc) is 2.92. The van der Waals surface area contributed by atoms with Gasteiger partial charge in [-0.2, -0.15) is 14.7 Å². The third-order valence-corrected chi connectivity index (χ3v) is 6.69. The van der Waals surface area contributed by atoms with E-state index in [1.165, 1.54) is 21.3 Å². The number of rotatable bonds is 4. The van der Waals surface area contributed by atoms with Crippen molar-refractivity contribution in [2.75, 3.05) is 13.1 Å². The van der Waals surface area contributed by atoms with Crippen molar-refractivity contribution in [2.45, 2.75) is 29.8 Å². The molecule has 10 heteroatoms. The summed E-state index contributed by atoms with van der Waals surface area (Å²) >= 11 is 0. The average molecular weight is 374 g/mol. The lowest BCUT2D eigenvalue weighted by Gasteiger charge is -2.40. The number of likely N-dealkylation sites (tertiary alicyclic amines) is 1. The predicted molar refractivity (Wildman–Crippen MR) is 91.0 cm³/mol. The van der Waals surface area contributed by atoms with Crippen LogP contribution in [0, 0.1) is 16.9 Å². The Bertz CT molecular complexity index is 906. The van der Waals surface area contributed by atoms with Gasteiger partial charge in [0.05, 0.1) is 22.7 Å². The number of benzene rings is 1. The van der Waals surface area contributed by atoms with E-state index in [1.807, 2.05) is 6.07 Å². The molecule has 2 heterocycles. The summed E-state index contributed by atoms with van der Waals surface area (Å²) in [5.41, 5.74) is 12.5. The number of carbonyl (C=O) groups is 1. The topological polar surface area (TPSA) is 144 Å². The van der Waals surface area contributed by atoms with Gasteiger partial charge >= 0.3 is 0 Å². The van der Waals surface area contributed by atoms with Gasteiger partial charge in [-0.1, -0.05) is 6.07 Å². The Morgan fingerprint density at radius 3 is 2.58 bits per heavy atom. The van der Waals surface area contributed by atoms with Crippen molar-refractivity contribution < 1.29 is 13.2 Å². The van der Waals surface area contributed by atoms with Crippen LogP contribution in [0.1, 0.15) is 18.4 Å². The number of carbonyl (C=O) groups excluding carboxylic acids is 1. The Balaban J connectivity index is 1.86. The minimum absolute atomic E-state index is 0.0839. The summed E-state index contributed by atoms with van der Waals surface area (Å²) in [5, 5.41) is 12.0. The second-order valence-electron chi connectivity index (χ2n) is 6.28. The highest BCUT2D eigenvalue weighted by Crippen LogP contribution is 2.35. The van der Waals surface area contributed by atoms with Crippen LogP contribution in [0.5, 0.6) is 0 Å². The lowest BCUT2D eigenvalue weighted by molar-refractivity contribution is -0.129. The van der Waals surface area contributed by atoms with E-state index in [9.17, 15) is 13.2 Å². The predicted octanol–water partition coefficient (Wildman–Crippen LogP) is 0.753. The van der Waals surface area contributed by atoms with E-state index < -0.39 is 15.9 Å². The Kier molecular flexibility index (Phi) is 4.76. The molecule has 2 bridgehead atoms. The Morgan fingerprint density at radius 2 is 2.00 bits per heavy atom. The number of amides is 1. The molecule has 0 spiro atoms. The quantitative estimate of drug-likeness (QED) is 0.590. The second kappa shape index (κ2) is 6.86. The zero-order valence-electron chi connectivity index (χ0n) is 13.9. The maximum absolute atomic E-state index is 13.1. The molecule has 9 nitrogen and oxygen atoms in total. The second-order valence-corrected chi connectivity index (χ2v) is 8.13. The zero-order valence-corrected chi connectivity index (χ0v) is 14.7. The van der Waals surface area contributed by atoms with Crippen LogP contribution in [0.2, 0.25) is 0 Å². The van der Waals surface area contributed by atoms with Crippen LogP contribution < -0.4 is 5.73 Å². The van der Waals surface area contributed by atoms with Crippen LogP contribution >= 0.6 is 0 Å². The smallest absolute Gasteiger partial charge is 0.271 e. The van der Waals surface area contributed by atoms with Crippen molar-refractivity contribution in [3.63, 3.8) is 0 Å². The van der Waals surface area contributed by atoms with Gasteiger partial charge in [0.15, 0.2) is 0 Å². The summed E-state index contributed by atoms with van der Waals surface area (Å²) in [5.74, 6) is -0.443. The number of fused-ring (bicyclic) bond motifs is 2. The zero-order chi connectivity index (χ0) is 18.9. The highest BCUT2D eigenvalue weighted by atomic mass is 32.2. The molecule has 2 saturated heterocycles. The lowest BCUT2D eigenvalue weighted by Crippen LogP contribution is -2.57. The fraction of sp³-hybridized carbons (Fsp3) is 0.375. The molecule has 2 aliphatic heterocycles. The molecule has 26 heavy (non-hydrogen) atoms. The maximum atomic E-state index is 13.1. The van der Waals surface area contributed by atoms with E-state index in [0.717, 1.165) is 6.20 Å². The summed E-state index contributed by atoms with van der Waals surface area (Å²) in [6.07, 6.45) is 2.27. The number of sulfonamides is 1. The first-order chi connectivity index (χ1) is 12.4. The molecule has 0 aliphatic carbocycles. The van der Waals surface area contributed by atoms with Crippen LogP contribution in [0.25, 0.3) is 0 Å². The molecule has 2 unspecified atom stereocenters. The van der Waals surface area contributed by atoms with Crippen molar-refractivity contribution in [2.24, 2.45) is 10.8 Å². The van der Waals surface area contributed by atoms with E-state index >= 15 is 0 Å². The Morgan fingerprint density at radius 1 is 1.35 bits per heavy atom. The van der Waals surface area contributed by atoms with Gasteiger partial charge in [-0.3, -0.25) is 4.79 Å². The first-order valence-corrected chi connectivity index (χ1v) is 9.47. The van der Waals surface area contributed by atoms with Crippen LogP contribution in [0.3, 0.4) is 0 Å². The van der Waals surface area contributed by atoms with Gasteiger partial charge in [0, 0.05) is 25.2 Å². The van der Waals surface area contributed by atoms with Crippen molar-refractivity contribution in [3.05, 3.63) is 41.7 Å². The number of nitrogens with two attached hydrogens (primary N) is 1. The molecule has 3 N–H and O–H groups in total. The van der Waals surface area contributed by atoms with Crippen molar-refractivity contribution in [1.82, 2.24) is 9.21 Å². The molecular weight excluding hydrogens is 356 g/mol. The lowest BCUT2D eigenvalue weighted by atomic mass is 10.2. The van der Waals surface area contributed by atoms with E-state index in [0.29, 0.717) is 12.8 Å². The number of hydrogen-bond donors (Lipinski definition) is 2. The first kappa shape index (κ1) is 18.0. The molecular formula is C16H18N6O3S. The summed E-state index contributed by atoms with van der Waals surface area (Å²) < 4.78 is 27.6. The monoisotopic (exact) mass is 374 g/mol. The van der Waals surface area contributed by atoms with E-state index in [4.69, 9.17) is 16.5 Å². The standard InChI is InChI=1S/C16H18N6O3S/c17-7-11-2-1-3-14(6-11)26(24,25)22-12-4-5-13(22)10-21(9-12)16(23)15(18)8-20-19/h1-3,6,8,12-13,19H,4-5,9-10,18H2/b15-8-,20-19?. The fourth-order valence-corrected chi connectivity index (χ4v) is 5.48. The van der Waals surface area contributed by atoms with E-state index in [-0.39, 0.29) is 41.3 Å². The molecule has 0 radical (unpaired) electrons. The molecule has 1 amide bonds. The third kappa shape index (κ3) is 3.07. The van der Waals surface area contributed by atoms with Crippen molar-refractivity contribution >= 4 is 15.9 Å². The highest BCUT2D eigenvalue weighted by Gasteiger charge is 2.47. The SMILES string of the molecule is N#Cc1cccc(S(=O)(=O)N2C3CCC2CN(C(=O)/C(N)=C/N=N)C3)c1. The van der Waals surface area contributed by atoms with Gasteiger partial charge in [-0.15, -0.1) is 0 Å². The van der Waals surface area contributed by atoms with Gasteiger partial charge < -0.3 is 10.6 Å². The highest BCUT2D eigenvalue weighted by molar-refractivity contribution is 7.89. The minimum atomic E-state index is -3.76. The van der Waals surface area contributed by atoms with Crippen LogP contribution in [0.4, 0.5) is 0 Å².